The molecule has 1 heterocycles. The van der Waals surface area contributed by atoms with Gasteiger partial charge in [-0.2, -0.15) is 5.10 Å². The van der Waals surface area contributed by atoms with Gasteiger partial charge < -0.3 is 11.1 Å². The minimum Gasteiger partial charge on any atom is -0.380 e. The maximum absolute atomic E-state index is 10.9. The zero-order valence-electron chi connectivity index (χ0n) is 11.6. The molecule has 0 aliphatic heterocycles. The highest BCUT2D eigenvalue weighted by Crippen LogP contribution is 2.27. The molecule has 2 aromatic rings. The van der Waals surface area contributed by atoms with Gasteiger partial charge >= 0.3 is 0 Å². The second kappa shape index (κ2) is 6.47. The third-order valence-corrected chi connectivity index (χ3v) is 3.94. The molecule has 5 nitrogen and oxygen atoms in total. The zero-order chi connectivity index (χ0) is 14.5. The van der Waals surface area contributed by atoms with Crippen molar-refractivity contribution in [2.75, 3.05) is 11.1 Å². The quantitative estimate of drug-likeness (QED) is 0.797. The number of hydrogen-bond acceptors (Lipinski definition) is 4. The van der Waals surface area contributed by atoms with Crippen molar-refractivity contribution in [3.05, 3.63) is 41.7 Å². The summed E-state index contributed by atoms with van der Waals surface area (Å²) in [6.07, 6.45) is 2.00. The molecule has 20 heavy (non-hydrogen) atoms. The average molecular weight is 290 g/mol. The minimum atomic E-state index is -0.312. The van der Waals surface area contributed by atoms with Crippen LogP contribution < -0.4 is 11.1 Å². The summed E-state index contributed by atoms with van der Waals surface area (Å²) in [6.45, 7) is 2.69. The molecule has 106 valence electrons. The van der Waals surface area contributed by atoms with Crippen LogP contribution in [-0.4, -0.2) is 21.4 Å². The lowest BCUT2D eigenvalue weighted by Crippen LogP contribution is -2.13. The summed E-state index contributed by atoms with van der Waals surface area (Å²) >= 11 is 1.44. The molecule has 0 radical (unpaired) electrons. The normalized spacial score (nSPS) is 10.5. The number of rotatable bonds is 6. The molecular formula is C14H18N4OS. The molecule has 0 atom stereocenters. The summed E-state index contributed by atoms with van der Waals surface area (Å²) in [7, 11) is 1.91. The van der Waals surface area contributed by atoms with Crippen molar-refractivity contribution in [2.45, 2.75) is 18.4 Å². The maximum atomic E-state index is 10.9. The van der Waals surface area contributed by atoms with E-state index in [1.54, 1.807) is 4.68 Å². The van der Waals surface area contributed by atoms with Gasteiger partial charge in [0.2, 0.25) is 5.91 Å². The largest absolute Gasteiger partial charge is 0.380 e. The van der Waals surface area contributed by atoms with Crippen LogP contribution in [0.5, 0.6) is 0 Å². The van der Waals surface area contributed by atoms with E-state index >= 15 is 0 Å². The molecule has 1 amide bonds. The summed E-state index contributed by atoms with van der Waals surface area (Å²) in [5.74, 6) is -0.0298. The summed E-state index contributed by atoms with van der Waals surface area (Å²) in [4.78, 5) is 11.9. The van der Waals surface area contributed by atoms with Gasteiger partial charge in [0.05, 0.1) is 11.4 Å². The molecule has 0 saturated carbocycles. The van der Waals surface area contributed by atoms with Crippen molar-refractivity contribution in [1.82, 2.24) is 9.78 Å². The number of carbonyl (C=O) groups excluding carboxylic acids is 1. The Morgan fingerprint density at radius 1 is 1.45 bits per heavy atom. The molecule has 3 N–H and O–H groups in total. The standard InChI is InChI=1S/C14H18N4OS/c1-10-11(8-18(2)17-10)7-16-12-5-3-4-6-13(12)20-9-14(15)19/h3-6,8,16H,7,9H2,1-2H3,(H2,15,19). The van der Waals surface area contributed by atoms with Crippen molar-refractivity contribution >= 4 is 23.4 Å². The Labute approximate surface area is 122 Å². The highest BCUT2D eigenvalue weighted by molar-refractivity contribution is 8.00. The number of nitrogens with one attached hydrogen (secondary N) is 1. The van der Waals surface area contributed by atoms with E-state index in [0.29, 0.717) is 6.54 Å². The number of primary amides is 1. The lowest BCUT2D eigenvalue weighted by atomic mass is 10.2. The van der Waals surface area contributed by atoms with Gasteiger partial charge in [-0.05, 0) is 19.1 Å². The summed E-state index contributed by atoms with van der Waals surface area (Å²) < 4.78 is 1.81. The topological polar surface area (TPSA) is 72.9 Å². The fourth-order valence-corrected chi connectivity index (χ4v) is 2.67. The van der Waals surface area contributed by atoms with E-state index in [4.69, 9.17) is 5.73 Å². The number of aromatic nitrogens is 2. The van der Waals surface area contributed by atoms with Crippen LogP contribution in [0.15, 0.2) is 35.4 Å². The number of nitrogens with zero attached hydrogens (tertiary/aromatic N) is 2. The van der Waals surface area contributed by atoms with Gasteiger partial charge in [0.15, 0.2) is 0 Å². The molecule has 0 aliphatic carbocycles. The summed E-state index contributed by atoms with van der Waals surface area (Å²) in [5, 5.41) is 7.70. The molecule has 6 heteroatoms. The van der Waals surface area contributed by atoms with E-state index in [-0.39, 0.29) is 11.7 Å². The van der Waals surface area contributed by atoms with Crippen molar-refractivity contribution < 1.29 is 4.79 Å². The Hall–Kier alpha value is -1.95. The molecular weight excluding hydrogens is 272 g/mol. The van der Waals surface area contributed by atoms with Crippen molar-refractivity contribution in [1.29, 1.82) is 0 Å². The van der Waals surface area contributed by atoms with Gasteiger partial charge in [-0.25, -0.2) is 0 Å². The molecule has 0 unspecified atom stereocenters. The van der Waals surface area contributed by atoms with Crippen LogP contribution in [0, 0.1) is 6.92 Å². The SMILES string of the molecule is Cc1nn(C)cc1CNc1ccccc1SCC(N)=O. The number of thioether (sulfide) groups is 1. The van der Waals surface area contributed by atoms with Crippen molar-refractivity contribution in [3.63, 3.8) is 0 Å². The van der Waals surface area contributed by atoms with Crippen molar-refractivity contribution in [2.24, 2.45) is 12.8 Å². The van der Waals surface area contributed by atoms with Crippen LogP contribution in [0.4, 0.5) is 5.69 Å². The maximum Gasteiger partial charge on any atom is 0.227 e. The van der Waals surface area contributed by atoms with Gasteiger partial charge in [-0.3, -0.25) is 9.48 Å². The van der Waals surface area contributed by atoms with Crippen LogP contribution in [-0.2, 0) is 18.4 Å². The Kier molecular flexibility index (Phi) is 4.68. The van der Waals surface area contributed by atoms with Gasteiger partial charge in [0, 0.05) is 35.9 Å². The highest BCUT2D eigenvalue weighted by atomic mass is 32.2. The number of anilines is 1. The van der Waals surface area contributed by atoms with E-state index in [1.807, 2.05) is 44.4 Å². The van der Waals surface area contributed by atoms with Crippen LogP contribution in [0.1, 0.15) is 11.3 Å². The number of hydrogen-bond donors (Lipinski definition) is 2. The van der Waals surface area contributed by atoms with E-state index in [2.05, 4.69) is 10.4 Å². The second-order valence-corrected chi connectivity index (χ2v) is 5.54. The monoisotopic (exact) mass is 290 g/mol. The molecule has 0 bridgehead atoms. The first-order valence-electron chi connectivity index (χ1n) is 6.29. The summed E-state index contributed by atoms with van der Waals surface area (Å²) in [6, 6.07) is 7.89. The zero-order valence-corrected chi connectivity index (χ0v) is 12.4. The Bertz CT molecular complexity index is 609. The highest BCUT2D eigenvalue weighted by Gasteiger charge is 2.06. The lowest BCUT2D eigenvalue weighted by molar-refractivity contribution is -0.115. The van der Waals surface area contributed by atoms with E-state index in [1.165, 1.54) is 11.8 Å². The van der Waals surface area contributed by atoms with E-state index in [9.17, 15) is 4.79 Å². The molecule has 1 aromatic heterocycles. The number of nitrogens with two attached hydrogens (primary N) is 1. The molecule has 1 aromatic carbocycles. The third kappa shape index (κ3) is 3.77. The first-order chi connectivity index (χ1) is 9.56. The van der Waals surface area contributed by atoms with Gasteiger partial charge in [-0.1, -0.05) is 12.1 Å². The molecule has 0 fully saturated rings. The van der Waals surface area contributed by atoms with Crippen LogP contribution >= 0.6 is 11.8 Å². The summed E-state index contributed by atoms with van der Waals surface area (Å²) in [5.41, 5.74) is 8.36. The van der Waals surface area contributed by atoms with E-state index in [0.717, 1.165) is 21.8 Å². The van der Waals surface area contributed by atoms with Crippen LogP contribution in [0.2, 0.25) is 0 Å². The fraction of sp³-hybridized carbons (Fsp3) is 0.286. The Morgan fingerprint density at radius 2 is 2.20 bits per heavy atom. The number of benzene rings is 1. The number of amides is 1. The van der Waals surface area contributed by atoms with Gasteiger partial charge in [0.1, 0.15) is 0 Å². The number of carbonyl (C=O) groups is 1. The number of aryl methyl sites for hydroxylation is 2. The number of para-hydroxylation sites is 1. The third-order valence-electron chi connectivity index (χ3n) is 2.84. The minimum absolute atomic E-state index is 0.282. The van der Waals surface area contributed by atoms with Crippen molar-refractivity contribution in [3.8, 4) is 0 Å². The smallest absolute Gasteiger partial charge is 0.227 e. The predicted molar refractivity (Wildman–Crippen MR) is 81.6 cm³/mol. The predicted octanol–water partition coefficient (Wildman–Crippen LogP) is 1.92. The lowest BCUT2D eigenvalue weighted by Gasteiger charge is -2.10. The second-order valence-electron chi connectivity index (χ2n) is 4.52. The van der Waals surface area contributed by atoms with Crippen LogP contribution in [0.25, 0.3) is 0 Å². The molecule has 0 aliphatic rings. The molecule has 0 saturated heterocycles. The van der Waals surface area contributed by atoms with Gasteiger partial charge in [-0.15, -0.1) is 11.8 Å². The molecule has 2 rings (SSSR count). The van der Waals surface area contributed by atoms with E-state index < -0.39 is 0 Å². The molecule has 0 spiro atoms. The Morgan fingerprint density at radius 3 is 2.85 bits per heavy atom. The van der Waals surface area contributed by atoms with Crippen LogP contribution in [0.3, 0.4) is 0 Å². The average Bonchev–Trinajstić information content (AvgIpc) is 2.73. The first-order valence-corrected chi connectivity index (χ1v) is 7.28. The first kappa shape index (κ1) is 14.5. The van der Waals surface area contributed by atoms with Gasteiger partial charge in [0.25, 0.3) is 0 Å². The fourth-order valence-electron chi connectivity index (χ4n) is 1.90. The Balaban J connectivity index is 2.05.